The van der Waals surface area contributed by atoms with Crippen LogP contribution in [0.3, 0.4) is 0 Å². The molecule has 0 aromatic heterocycles. The van der Waals surface area contributed by atoms with Gasteiger partial charge in [0.1, 0.15) is 0 Å². The minimum Gasteiger partial charge on any atom is -0.478 e. The topological polar surface area (TPSA) is 113 Å². The van der Waals surface area contributed by atoms with Crippen molar-refractivity contribution in [3.05, 3.63) is 59.7 Å². The fourth-order valence-electron chi connectivity index (χ4n) is 1.90. The third-order valence-corrected chi connectivity index (χ3v) is 4.40. The number of aromatic carboxylic acids is 1. The van der Waals surface area contributed by atoms with E-state index < -0.39 is 21.9 Å². The lowest BCUT2D eigenvalue weighted by molar-refractivity contribution is 0.0696. The van der Waals surface area contributed by atoms with E-state index in [1.807, 2.05) is 0 Å². The van der Waals surface area contributed by atoms with Gasteiger partial charge in [-0.15, -0.1) is 0 Å². The number of anilines is 1. The standard InChI is InChI=1S/C15H14N2O5S/c1-16-14(18)12-7-2-3-8-13(12)17-23(21,22)11-6-4-5-10(9-11)15(19)20/h2-9,17H,1H3,(H,16,18)(H,19,20). The van der Waals surface area contributed by atoms with Crippen LogP contribution in [0.1, 0.15) is 20.7 Å². The molecule has 0 aliphatic carbocycles. The van der Waals surface area contributed by atoms with Crippen LogP contribution < -0.4 is 10.0 Å². The molecule has 0 bridgehead atoms. The molecule has 0 unspecified atom stereocenters. The Morgan fingerprint density at radius 2 is 1.74 bits per heavy atom. The maximum absolute atomic E-state index is 12.4. The third kappa shape index (κ3) is 3.67. The summed E-state index contributed by atoms with van der Waals surface area (Å²) in [5.41, 5.74) is 0.119. The minimum absolute atomic E-state index is 0.104. The van der Waals surface area contributed by atoms with E-state index in [1.165, 1.54) is 37.4 Å². The number of sulfonamides is 1. The Balaban J connectivity index is 2.42. The largest absolute Gasteiger partial charge is 0.478 e. The average molecular weight is 334 g/mol. The Labute approximate surface area is 133 Å². The number of para-hydroxylation sites is 1. The minimum atomic E-state index is -4.03. The number of nitrogens with one attached hydrogen (secondary N) is 2. The van der Waals surface area contributed by atoms with Gasteiger partial charge in [0.2, 0.25) is 0 Å². The number of carboxylic acid groups (broad SMARTS) is 1. The maximum atomic E-state index is 12.4. The molecular formula is C15H14N2O5S. The summed E-state index contributed by atoms with van der Waals surface area (Å²) in [5.74, 6) is -1.67. The molecular weight excluding hydrogens is 320 g/mol. The summed E-state index contributed by atoms with van der Waals surface area (Å²) in [7, 11) is -2.59. The molecule has 0 heterocycles. The second kappa shape index (κ2) is 6.49. The number of carboxylic acids is 1. The molecule has 0 radical (unpaired) electrons. The number of hydrogen-bond donors (Lipinski definition) is 3. The zero-order valence-electron chi connectivity index (χ0n) is 12.1. The van der Waals surface area contributed by atoms with Crippen molar-refractivity contribution in [1.29, 1.82) is 0 Å². The smallest absolute Gasteiger partial charge is 0.335 e. The molecule has 0 aliphatic heterocycles. The van der Waals surface area contributed by atoms with Crippen molar-refractivity contribution in [2.24, 2.45) is 0 Å². The normalized spacial score (nSPS) is 10.8. The molecule has 2 aromatic rings. The first-order valence-electron chi connectivity index (χ1n) is 6.52. The summed E-state index contributed by atoms with van der Waals surface area (Å²) in [6.07, 6.45) is 0. The summed E-state index contributed by atoms with van der Waals surface area (Å²) in [6, 6.07) is 11.1. The Bertz CT molecular complexity index is 862. The van der Waals surface area contributed by atoms with Gasteiger partial charge in [0.25, 0.3) is 15.9 Å². The molecule has 0 saturated heterocycles. The van der Waals surface area contributed by atoms with Crippen molar-refractivity contribution in [3.8, 4) is 0 Å². The summed E-state index contributed by atoms with van der Waals surface area (Å²) in [5, 5.41) is 11.4. The molecule has 0 saturated carbocycles. The fourth-order valence-corrected chi connectivity index (χ4v) is 3.03. The predicted octanol–water partition coefficient (Wildman–Crippen LogP) is 1.55. The van der Waals surface area contributed by atoms with Crippen LogP contribution in [-0.2, 0) is 10.0 Å². The van der Waals surface area contributed by atoms with Gasteiger partial charge in [0.05, 0.1) is 21.7 Å². The molecule has 23 heavy (non-hydrogen) atoms. The second-order valence-corrected chi connectivity index (χ2v) is 6.25. The van der Waals surface area contributed by atoms with Gasteiger partial charge in [-0.2, -0.15) is 0 Å². The summed E-state index contributed by atoms with van der Waals surface area (Å²) >= 11 is 0. The predicted molar refractivity (Wildman–Crippen MR) is 84.0 cm³/mol. The van der Waals surface area contributed by atoms with Crippen molar-refractivity contribution < 1.29 is 23.1 Å². The lowest BCUT2D eigenvalue weighted by atomic mass is 10.2. The Morgan fingerprint density at radius 1 is 1.04 bits per heavy atom. The highest BCUT2D eigenvalue weighted by molar-refractivity contribution is 7.92. The number of carbonyl (C=O) groups excluding carboxylic acids is 1. The zero-order chi connectivity index (χ0) is 17.0. The van der Waals surface area contributed by atoms with E-state index in [2.05, 4.69) is 10.0 Å². The molecule has 2 rings (SSSR count). The van der Waals surface area contributed by atoms with Crippen molar-refractivity contribution >= 4 is 27.6 Å². The molecule has 0 fully saturated rings. The maximum Gasteiger partial charge on any atom is 0.335 e. The highest BCUT2D eigenvalue weighted by atomic mass is 32.2. The van der Waals surface area contributed by atoms with Gasteiger partial charge in [-0.1, -0.05) is 18.2 Å². The third-order valence-electron chi connectivity index (χ3n) is 3.03. The molecule has 2 aromatic carbocycles. The van der Waals surface area contributed by atoms with Crippen LogP contribution in [0.15, 0.2) is 53.4 Å². The van der Waals surface area contributed by atoms with Crippen molar-refractivity contribution in [2.45, 2.75) is 4.90 Å². The van der Waals surface area contributed by atoms with E-state index >= 15 is 0 Å². The van der Waals surface area contributed by atoms with Gasteiger partial charge >= 0.3 is 5.97 Å². The molecule has 1 amide bonds. The van der Waals surface area contributed by atoms with Crippen molar-refractivity contribution in [2.75, 3.05) is 11.8 Å². The van der Waals surface area contributed by atoms with Crippen LogP contribution in [0.2, 0.25) is 0 Å². The lowest BCUT2D eigenvalue weighted by Gasteiger charge is -2.12. The summed E-state index contributed by atoms with van der Waals surface area (Å²) < 4.78 is 27.1. The molecule has 8 heteroatoms. The van der Waals surface area contributed by atoms with Gasteiger partial charge in [-0.25, -0.2) is 13.2 Å². The van der Waals surface area contributed by atoms with Crippen LogP contribution in [-0.4, -0.2) is 32.4 Å². The van der Waals surface area contributed by atoms with Crippen molar-refractivity contribution in [1.82, 2.24) is 5.32 Å². The van der Waals surface area contributed by atoms with E-state index in [9.17, 15) is 18.0 Å². The first-order chi connectivity index (χ1) is 10.8. The van der Waals surface area contributed by atoms with Crippen molar-refractivity contribution in [3.63, 3.8) is 0 Å². The Kier molecular flexibility index (Phi) is 4.65. The fraction of sp³-hybridized carbons (Fsp3) is 0.0667. The summed E-state index contributed by atoms with van der Waals surface area (Å²) in [4.78, 5) is 22.5. The second-order valence-electron chi connectivity index (χ2n) is 4.56. The quantitative estimate of drug-likeness (QED) is 0.768. The van der Waals surface area contributed by atoms with Crippen LogP contribution in [0.4, 0.5) is 5.69 Å². The SMILES string of the molecule is CNC(=O)c1ccccc1NS(=O)(=O)c1cccc(C(=O)O)c1. The Morgan fingerprint density at radius 3 is 2.39 bits per heavy atom. The first kappa shape index (κ1) is 16.5. The van der Waals surface area contributed by atoms with Gasteiger partial charge in [-0.3, -0.25) is 9.52 Å². The van der Waals surface area contributed by atoms with Crippen LogP contribution in [0.5, 0.6) is 0 Å². The molecule has 0 atom stereocenters. The highest BCUT2D eigenvalue weighted by Gasteiger charge is 2.19. The number of benzene rings is 2. The monoisotopic (exact) mass is 334 g/mol. The number of hydrogen-bond acceptors (Lipinski definition) is 4. The van der Waals surface area contributed by atoms with Gasteiger partial charge < -0.3 is 10.4 Å². The Hall–Kier alpha value is -2.87. The van der Waals surface area contributed by atoms with Crippen LogP contribution in [0, 0.1) is 0 Å². The van der Waals surface area contributed by atoms with Gasteiger partial charge in [0.15, 0.2) is 0 Å². The van der Waals surface area contributed by atoms with E-state index in [0.29, 0.717) is 0 Å². The molecule has 0 spiro atoms. The van der Waals surface area contributed by atoms with E-state index in [4.69, 9.17) is 5.11 Å². The molecule has 0 aliphatic rings. The molecule has 3 N–H and O–H groups in total. The van der Waals surface area contributed by atoms with Gasteiger partial charge in [0, 0.05) is 7.05 Å². The van der Waals surface area contributed by atoms with E-state index in [0.717, 1.165) is 6.07 Å². The lowest BCUT2D eigenvalue weighted by Crippen LogP contribution is -2.21. The zero-order valence-corrected chi connectivity index (χ0v) is 12.9. The molecule has 7 nitrogen and oxygen atoms in total. The van der Waals surface area contributed by atoms with E-state index in [-0.39, 0.29) is 21.7 Å². The summed E-state index contributed by atoms with van der Waals surface area (Å²) in [6.45, 7) is 0. The number of carbonyl (C=O) groups is 2. The number of rotatable bonds is 5. The van der Waals surface area contributed by atoms with Gasteiger partial charge in [-0.05, 0) is 30.3 Å². The highest BCUT2D eigenvalue weighted by Crippen LogP contribution is 2.20. The molecule has 120 valence electrons. The number of amides is 1. The average Bonchev–Trinajstić information content (AvgIpc) is 2.54. The van der Waals surface area contributed by atoms with Crippen LogP contribution >= 0.6 is 0 Å². The van der Waals surface area contributed by atoms with Crippen LogP contribution in [0.25, 0.3) is 0 Å². The van der Waals surface area contributed by atoms with E-state index in [1.54, 1.807) is 12.1 Å². The first-order valence-corrected chi connectivity index (χ1v) is 8.01.